The van der Waals surface area contributed by atoms with Crippen molar-refractivity contribution in [2.24, 2.45) is 7.05 Å². The van der Waals surface area contributed by atoms with E-state index >= 15 is 0 Å². The summed E-state index contributed by atoms with van der Waals surface area (Å²) in [4.78, 5) is 33.1. The van der Waals surface area contributed by atoms with Crippen molar-refractivity contribution in [3.05, 3.63) is 11.8 Å². The van der Waals surface area contributed by atoms with Gasteiger partial charge in [-0.2, -0.15) is 5.10 Å². The Morgan fingerprint density at radius 2 is 2.05 bits per heavy atom. The predicted molar refractivity (Wildman–Crippen MR) is 66.6 cm³/mol. The molecule has 0 saturated carbocycles. The number of carboxylic acids is 1. The molecule has 0 radical (unpaired) electrons. The Morgan fingerprint density at radius 1 is 1.37 bits per heavy atom. The van der Waals surface area contributed by atoms with Crippen LogP contribution >= 0.6 is 0 Å². The van der Waals surface area contributed by atoms with Gasteiger partial charge in [0.2, 0.25) is 5.91 Å². The Morgan fingerprint density at radius 3 is 2.58 bits per heavy atom. The van der Waals surface area contributed by atoms with E-state index in [1.807, 2.05) is 0 Å². The van der Waals surface area contributed by atoms with Crippen molar-refractivity contribution in [3.63, 3.8) is 0 Å². The molecule has 0 fully saturated rings. The zero-order valence-corrected chi connectivity index (χ0v) is 10.8. The fourth-order valence-electron chi connectivity index (χ4n) is 1.46. The van der Waals surface area contributed by atoms with E-state index in [-0.39, 0.29) is 19.3 Å². The smallest absolute Gasteiger partial charge is 0.327 e. The number of aliphatic carboxylic acids is 1. The van der Waals surface area contributed by atoms with E-state index < -0.39 is 17.9 Å². The van der Waals surface area contributed by atoms with Crippen LogP contribution in [0.3, 0.4) is 0 Å². The van der Waals surface area contributed by atoms with Crippen molar-refractivity contribution in [1.82, 2.24) is 15.1 Å². The third-order valence-electron chi connectivity index (χ3n) is 2.29. The van der Waals surface area contributed by atoms with Crippen LogP contribution in [0, 0.1) is 6.92 Å². The van der Waals surface area contributed by atoms with Gasteiger partial charge in [-0.1, -0.05) is 0 Å². The molecule has 0 unspecified atom stereocenters. The number of nitrogens with zero attached hydrogens (tertiary/aromatic N) is 2. The van der Waals surface area contributed by atoms with E-state index in [0.29, 0.717) is 5.82 Å². The van der Waals surface area contributed by atoms with Crippen LogP contribution in [0.2, 0.25) is 0 Å². The molecule has 8 heteroatoms. The number of imide groups is 1. The van der Waals surface area contributed by atoms with Crippen LogP contribution in [-0.4, -0.2) is 32.8 Å². The Balaban J connectivity index is 2.36. The zero-order valence-electron chi connectivity index (χ0n) is 10.8. The molecule has 1 aromatic rings. The Bertz CT molecular complexity index is 495. The number of urea groups is 1. The first-order valence-electron chi connectivity index (χ1n) is 5.71. The predicted octanol–water partition coefficient (Wildman–Crippen LogP) is 0.632. The van der Waals surface area contributed by atoms with Gasteiger partial charge in [0, 0.05) is 26.0 Å². The number of amides is 3. The van der Waals surface area contributed by atoms with Crippen LogP contribution in [0.4, 0.5) is 10.6 Å². The average Bonchev–Trinajstić information content (AvgIpc) is 2.56. The summed E-state index contributed by atoms with van der Waals surface area (Å²) in [6.07, 6.45) is 0.0827. The molecule has 104 valence electrons. The number of hydrogen-bond acceptors (Lipinski definition) is 4. The SMILES string of the molecule is Cc1cc(NC(=O)NC(=O)CCCC(=O)O)n(C)n1. The number of anilines is 1. The van der Waals surface area contributed by atoms with Gasteiger partial charge in [-0.15, -0.1) is 0 Å². The van der Waals surface area contributed by atoms with Crippen LogP contribution in [0.25, 0.3) is 0 Å². The fourth-order valence-corrected chi connectivity index (χ4v) is 1.46. The Kier molecular flexibility index (Phi) is 5.04. The molecule has 0 aliphatic carbocycles. The molecule has 0 spiro atoms. The summed E-state index contributed by atoms with van der Waals surface area (Å²) in [7, 11) is 1.66. The van der Waals surface area contributed by atoms with Crippen molar-refractivity contribution in [2.45, 2.75) is 26.2 Å². The standard InChI is InChI=1S/C11H16N4O4/c1-7-6-8(15(2)14-7)12-11(19)13-9(16)4-3-5-10(17)18/h6H,3-5H2,1-2H3,(H,17,18)(H2,12,13,16,19). The molecule has 0 aliphatic heterocycles. The molecule has 0 bridgehead atoms. The number of carbonyl (C=O) groups excluding carboxylic acids is 2. The van der Waals surface area contributed by atoms with Crippen LogP contribution in [0.15, 0.2) is 6.07 Å². The third-order valence-corrected chi connectivity index (χ3v) is 2.29. The molecule has 1 rings (SSSR count). The lowest BCUT2D eigenvalue weighted by Crippen LogP contribution is -2.34. The number of aromatic nitrogens is 2. The fraction of sp³-hybridized carbons (Fsp3) is 0.455. The van der Waals surface area contributed by atoms with E-state index in [2.05, 4.69) is 15.7 Å². The van der Waals surface area contributed by atoms with Gasteiger partial charge in [-0.05, 0) is 13.3 Å². The van der Waals surface area contributed by atoms with Gasteiger partial charge in [-0.25, -0.2) is 4.79 Å². The van der Waals surface area contributed by atoms with Crippen molar-refractivity contribution in [3.8, 4) is 0 Å². The van der Waals surface area contributed by atoms with Gasteiger partial charge in [0.1, 0.15) is 5.82 Å². The molecule has 8 nitrogen and oxygen atoms in total. The largest absolute Gasteiger partial charge is 0.481 e. The van der Waals surface area contributed by atoms with E-state index in [1.54, 1.807) is 20.0 Å². The highest BCUT2D eigenvalue weighted by molar-refractivity contribution is 6.00. The summed E-state index contributed by atoms with van der Waals surface area (Å²) in [5.74, 6) is -1.02. The summed E-state index contributed by atoms with van der Waals surface area (Å²) in [6, 6.07) is 0.998. The van der Waals surface area contributed by atoms with E-state index in [9.17, 15) is 14.4 Å². The molecular weight excluding hydrogens is 252 g/mol. The van der Waals surface area contributed by atoms with Crippen LogP contribution < -0.4 is 10.6 Å². The Labute approximate surface area is 109 Å². The lowest BCUT2D eigenvalue weighted by atomic mass is 10.2. The van der Waals surface area contributed by atoms with Gasteiger partial charge in [0.15, 0.2) is 0 Å². The van der Waals surface area contributed by atoms with Gasteiger partial charge in [-0.3, -0.25) is 24.9 Å². The molecule has 1 aromatic heterocycles. The molecule has 3 amide bonds. The summed E-state index contributed by atoms with van der Waals surface area (Å²) in [5.41, 5.74) is 0.741. The molecular formula is C11H16N4O4. The number of carbonyl (C=O) groups is 3. The normalized spacial score (nSPS) is 10.0. The number of hydrogen-bond donors (Lipinski definition) is 3. The van der Waals surface area contributed by atoms with E-state index in [0.717, 1.165) is 5.69 Å². The van der Waals surface area contributed by atoms with Crippen LogP contribution in [0.1, 0.15) is 25.0 Å². The van der Waals surface area contributed by atoms with Crippen LogP contribution in [-0.2, 0) is 16.6 Å². The van der Waals surface area contributed by atoms with Gasteiger partial charge < -0.3 is 5.11 Å². The minimum absolute atomic E-state index is 0.00979. The molecule has 19 heavy (non-hydrogen) atoms. The minimum atomic E-state index is -0.970. The summed E-state index contributed by atoms with van der Waals surface area (Å²) < 4.78 is 1.48. The molecule has 3 N–H and O–H groups in total. The average molecular weight is 268 g/mol. The van der Waals surface area contributed by atoms with Gasteiger partial charge in [0.25, 0.3) is 0 Å². The van der Waals surface area contributed by atoms with Crippen LogP contribution in [0.5, 0.6) is 0 Å². The third kappa shape index (κ3) is 5.19. The molecule has 0 saturated heterocycles. The highest BCUT2D eigenvalue weighted by Crippen LogP contribution is 2.07. The highest BCUT2D eigenvalue weighted by atomic mass is 16.4. The lowest BCUT2D eigenvalue weighted by molar-refractivity contribution is -0.137. The quantitative estimate of drug-likeness (QED) is 0.724. The number of rotatable bonds is 5. The Hall–Kier alpha value is -2.38. The maximum atomic E-state index is 11.5. The maximum absolute atomic E-state index is 11.5. The summed E-state index contributed by atoms with van der Waals surface area (Å²) in [6.45, 7) is 1.78. The van der Waals surface area contributed by atoms with Gasteiger partial charge in [0.05, 0.1) is 5.69 Å². The summed E-state index contributed by atoms with van der Waals surface area (Å²) >= 11 is 0. The second kappa shape index (κ2) is 6.53. The first-order valence-corrected chi connectivity index (χ1v) is 5.71. The van der Waals surface area contributed by atoms with E-state index in [1.165, 1.54) is 4.68 Å². The van der Waals surface area contributed by atoms with Crippen molar-refractivity contribution < 1.29 is 19.5 Å². The first-order chi connectivity index (χ1) is 8.88. The monoisotopic (exact) mass is 268 g/mol. The second-order valence-electron chi connectivity index (χ2n) is 4.04. The number of carboxylic acid groups (broad SMARTS) is 1. The molecule has 0 aromatic carbocycles. The lowest BCUT2D eigenvalue weighted by Gasteiger charge is -2.06. The maximum Gasteiger partial charge on any atom is 0.327 e. The molecule has 0 aliphatic rings. The molecule has 1 heterocycles. The summed E-state index contributed by atoms with van der Waals surface area (Å²) in [5, 5.41) is 17.0. The number of nitrogens with one attached hydrogen (secondary N) is 2. The number of aryl methyl sites for hydroxylation is 2. The highest BCUT2D eigenvalue weighted by Gasteiger charge is 2.10. The van der Waals surface area contributed by atoms with Crippen molar-refractivity contribution in [1.29, 1.82) is 0 Å². The zero-order chi connectivity index (χ0) is 14.4. The van der Waals surface area contributed by atoms with Crippen molar-refractivity contribution in [2.75, 3.05) is 5.32 Å². The topological polar surface area (TPSA) is 113 Å². The van der Waals surface area contributed by atoms with Crippen molar-refractivity contribution >= 4 is 23.7 Å². The minimum Gasteiger partial charge on any atom is -0.481 e. The first kappa shape index (κ1) is 14.7. The second-order valence-corrected chi connectivity index (χ2v) is 4.04. The van der Waals surface area contributed by atoms with E-state index in [4.69, 9.17) is 5.11 Å². The van der Waals surface area contributed by atoms with Gasteiger partial charge >= 0.3 is 12.0 Å². The molecule has 0 atom stereocenters.